The summed E-state index contributed by atoms with van der Waals surface area (Å²) in [5.74, 6) is 0. The van der Waals surface area contributed by atoms with E-state index in [0.717, 1.165) is 28.9 Å². The molecule has 2 rings (SSSR count). The van der Waals surface area contributed by atoms with Crippen molar-refractivity contribution in [3.8, 4) is 11.1 Å². The number of nitrogens with one attached hydrogen (secondary N) is 2. The highest BCUT2D eigenvalue weighted by molar-refractivity contribution is 5.68. The van der Waals surface area contributed by atoms with Crippen LogP contribution in [0.1, 0.15) is 72.2 Å². The van der Waals surface area contributed by atoms with Gasteiger partial charge in [0.1, 0.15) is 11.3 Å². The van der Waals surface area contributed by atoms with Gasteiger partial charge in [0, 0.05) is 30.8 Å². The number of hydrogen-bond donors (Lipinski definition) is 2. The van der Waals surface area contributed by atoms with Gasteiger partial charge in [0.25, 0.3) is 0 Å². The average molecular weight is 460 g/mol. The van der Waals surface area contributed by atoms with Crippen LogP contribution in [0.25, 0.3) is 11.1 Å². The lowest BCUT2D eigenvalue weighted by atomic mass is 10.0. The standard InChI is InChI=1S/C26H38FN3O3/c1-18(2)28-17-22-13-12-21(16-29-22)19-8-10-20(11-9-19)23(14-15-27)32-26(6,7)30-24(31)33-25(3,4)5/h8-13,16,18,23,28H,14-15,17H2,1-7H3,(H,30,31). The van der Waals surface area contributed by atoms with Gasteiger partial charge in [0.05, 0.1) is 18.5 Å². The highest BCUT2D eigenvalue weighted by atomic mass is 19.1. The third-order valence-corrected chi connectivity index (χ3v) is 4.74. The number of aromatic nitrogens is 1. The van der Waals surface area contributed by atoms with E-state index in [1.165, 1.54) is 0 Å². The zero-order chi connectivity index (χ0) is 24.6. The predicted octanol–water partition coefficient (Wildman–Crippen LogP) is 5.92. The molecule has 1 amide bonds. The maximum absolute atomic E-state index is 13.3. The van der Waals surface area contributed by atoms with Gasteiger partial charge in [-0.25, -0.2) is 4.79 Å². The number of nitrogens with zero attached hydrogens (tertiary/aromatic N) is 1. The monoisotopic (exact) mass is 459 g/mol. The van der Waals surface area contributed by atoms with Crippen LogP contribution in [0.3, 0.4) is 0 Å². The van der Waals surface area contributed by atoms with Crippen molar-refractivity contribution < 1.29 is 18.7 Å². The van der Waals surface area contributed by atoms with E-state index >= 15 is 0 Å². The zero-order valence-electron chi connectivity index (χ0n) is 20.9. The minimum Gasteiger partial charge on any atom is -0.444 e. The molecule has 2 aromatic rings. The minimum absolute atomic E-state index is 0.178. The van der Waals surface area contributed by atoms with Crippen molar-refractivity contribution in [3.63, 3.8) is 0 Å². The molecule has 0 aliphatic carbocycles. The topological polar surface area (TPSA) is 72.5 Å². The molecule has 0 radical (unpaired) electrons. The molecule has 1 atom stereocenters. The maximum Gasteiger partial charge on any atom is 0.409 e. The molecule has 0 spiro atoms. The molecule has 1 unspecified atom stereocenters. The molecule has 0 saturated carbocycles. The molecule has 0 bridgehead atoms. The molecule has 0 aliphatic rings. The summed E-state index contributed by atoms with van der Waals surface area (Å²) >= 11 is 0. The number of hydrogen-bond acceptors (Lipinski definition) is 5. The highest BCUT2D eigenvalue weighted by Gasteiger charge is 2.29. The van der Waals surface area contributed by atoms with Crippen LogP contribution in [0.4, 0.5) is 9.18 Å². The number of pyridine rings is 1. The smallest absolute Gasteiger partial charge is 0.409 e. The number of alkyl carbamates (subject to hydrolysis) is 1. The van der Waals surface area contributed by atoms with E-state index in [0.29, 0.717) is 6.04 Å². The van der Waals surface area contributed by atoms with Crippen molar-refractivity contribution in [2.45, 2.75) is 84.9 Å². The first-order chi connectivity index (χ1) is 15.4. The molecule has 1 aromatic carbocycles. The first-order valence-electron chi connectivity index (χ1n) is 11.4. The number of carbonyl (C=O) groups excluding carboxylic acids is 1. The lowest BCUT2D eigenvalue weighted by molar-refractivity contribution is -0.0979. The molecule has 7 heteroatoms. The molecular weight excluding hydrogens is 421 g/mol. The maximum atomic E-state index is 13.3. The van der Waals surface area contributed by atoms with Crippen molar-refractivity contribution in [2.75, 3.05) is 6.67 Å². The van der Waals surface area contributed by atoms with Gasteiger partial charge in [-0.15, -0.1) is 0 Å². The van der Waals surface area contributed by atoms with Gasteiger partial charge in [-0.2, -0.15) is 0 Å². The Bertz CT molecular complexity index is 875. The van der Waals surface area contributed by atoms with E-state index in [1.54, 1.807) is 34.6 Å². The lowest BCUT2D eigenvalue weighted by Gasteiger charge is -2.32. The van der Waals surface area contributed by atoms with Gasteiger partial charge in [-0.1, -0.05) is 44.2 Å². The highest BCUT2D eigenvalue weighted by Crippen LogP contribution is 2.29. The molecule has 1 heterocycles. The molecule has 0 aliphatic heterocycles. The van der Waals surface area contributed by atoms with Gasteiger partial charge >= 0.3 is 6.09 Å². The Kier molecular flexibility index (Phi) is 9.37. The molecule has 33 heavy (non-hydrogen) atoms. The summed E-state index contributed by atoms with van der Waals surface area (Å²) in [4.78, 5) is 16.7. The van der Waals surface area contributed by atoms with E-state index in [9.17, 15) is 9.18 Å². The van der Waals surface area contributed by atoms with Crippen LogP contribution >= 0.6 is 0 Å². The Balaban J connectivity index is 2.08. The van der Waals surface area contributed by atoms with Crippen LogP contribution in [-0.4, -0.2) is 35.1 Å². The summed E-state index contributed by atoms with van der Waals surface area (Å²) in [6.07, 6.45) is 0.936. The van der Waals surface area contributed by atoms with E-state index < -0.39 is 30.2 Å². The Morgan fingerprint density at radius 3 is 2.18 bits per heavy atom. The number of alkyl halides is 1. The van der Waals surface area contributed by atoms with Crippen molar-refractivity contribution in [1.82, 2.24) is 15.6 Å². The Hall–Kier alpha value is -2.51. The second-order valence-electron chi connectivity index (χ2n) is 9.92. The third-order valence-electron chi connectivity index (χ3n) is 4.74. The Morgan fingerprint density at radius 2 is 1.67 bits per heavy atom. The predicted molar refractivity (Wildman–Crippen MR) is 130 cm³/mol. The van der Waals surface area contributed by atoms with Crippen LogP contribution in [-0.2, 0) is 16.0 Å². The molecule has 0 saturated heterocycles. The number of amides is 1. The molecule has 2 N–H and O–H groups in total. The Morgan fingerprint density at radius 1 is 1.03 bits per heavy atom. The van der Waals surface area contributed by atoms with Crippen molar-refractivity contribution >= 4 is 6.09 Å². The summed E-state index contributed by atoms with van der Waals surface area (Å²) in [6, 6.07) is 12.3. The third kappa shape index (κ3) is 9.48. The van der Waals surface area contributed by atoms with Gasteiger partial charge < -0.3 is 14.8 Å². The van der Waals surface area contributed by atoms with Crippen LogP contribution in [0.2, 0.25) is 0 Å². The van der Waals surface area contributed by atoms with E-state index in [-0.39, 0.29) is 6.42 Å². The fourth-order valence-electron chi connectivity index (χ4n) is 3.23. The summed E-state index contributed by atoms with van der Waals surface area (Å²) in [7, 11) is 0. The zero-order valence-corrected chi connectivity index (χ0v) is 20.9. The first kappa shape index (κ1) is 26.7. The molecular formula is C26H38FN3O3. The van der Waals surface area contributed by atoms with E-state index in [4.69, 9.17) is 9.47 Å². The fraction of sp³-hybridized carbons (Fsp3) is 0.538. The summed E-state index contributed by atoms with van der Waals surface area (Å²) in [5, 5.41) is 6.06. The molecule has 0 fully saturated rings. The van der Waals surface area contributed by atoms with E-state index in [1.807, 2.05) is 42.6 Å². The number of rotatable bonds is 10. The minimum atomic E-state index is -1.04. The Labute approximate surface area is 197 Å². The van der Waals surface area contributed by atoms with Crippen LogP contribution in [0.5, 0.6) is 0 Å². The van der Waals surface area contributed by atoms with Crippen molar-refractivity contribution in [1.29, 1.82) is 0 Å². The second-order valence-corrected chi connectivity index (χ2v) is 9.92. The SMILES string of the molecule is CC(C)NCc1ccc(-c2ccc(C(CCF)OC(C)(C)NC(=O)OC(C)(C)C)cc2)cn1. The summed E-state index contributed by atoms with van der Waals surface area (Å²) < 4.78 is 24.7. The largest absolute Gasteiger partial charge is 0.444 e. The van der Waals surface area contributed by atoms with Crippen molar-refractivity contribution in [2.24, 2.45) is 0 Å². The molecule has 182 valence electrons. The lowest BCUT2D eigenvalue weighted by Crippen LogP contribution is -2.48. The average Bonchev–Trinajstić information content (AvgIpc) is 2.70. The van der Waals surface area contributed by atoms with Crippen LogP contribution < -0.4 is 10.6 Å². The number of halogens is 1. The summed E-state index contributed by atoms with van der Waals surface area (Å²) in [5.41, 5.74) is 2.18. The molecule has 1 aromatic heterocycles. The number of ether oxygens (including phenoxy) is 2. The summed E-state index contributed by atoms with van der Waals surface area (Å²) in [6.45, 7) is 13.2. The number of carbonyl (C=O) groups is 1. The van der Waals surface area contributed by atoms with Crippen molar-refractivity contribution in [3.05, 3.63) is 53.9 Å². The fourth-order valence-corrected chi connectivity index (χ4v) is 3.23. The van der Waals surface area contributed by atoms with Gasteiger partial charge in [0.2, 0.25) is 0 Å². The normalized spacial score (nSPS) is 13.1. The van der Waals surface area contributed by atoms with Gasteiger partial charge in [-0.3, -0.25) is 14.7 Å². The number of benzene rings is 1. The van der Waals surface area contributed by atoms with Gasteiger partial charge in [-0.05, 0) is 51.8 Å². The van der Waals surface area contributed by atoms with E-state index in [2.05, 4.69) is 29.5 Å². The molecule has 6 nitrogen and oxygen atoms in total. The first-order valence-corrected chi connectivity index (χ1v) is 11.4. The van der Waals surface area contributed by atoms with Crippen LogP contribution in [0.15, 0.2) is 42.6 Å². The quantitative estimate of drug-likeness (QED) is 0.431. The van der Waals surface area contributed by atoms with Crippen LogP contribution in [0, 0.1) is 0 Å². The second kappa shape index (κ2) is 11.6. The van der Waals surface area contributed by atoms with Gasteiger partial charge in [0.15, 0.2) is 0 Å².